The number of carbonyl (C=O) groups excluding carboxylic acids is 1. The van der Waals surface area contributed by atoms with Crippen molar-refractivity contribution < 1.29 is 4.79 Å². The highest BCUT2D eigenvalue weighted by atomic mass is 16.1. The number of aromatic nitrogens is 5. The maximum atomic E-state index is 12.3. The van der Waals surface area contributed by atoms with Crippen LogP contribution in [-0.2, 0) is 7.05 Å². The first-order chi connectivity index (χ1) is 12.6. The van der Waals surface area contributed by atoms with E-state index >= 15 is 0 Å². The predicted octanol–water partition coefficient (Wildman–Crippen LogP) is 1.47. The van der Waals surface area contributed by atoms with Gasteiger partial charge in [-0.25, -0.2) is 9.97 Å². The van der Waals surface area contributed by atoms with E-state index in [0.717, 1.165) is 48.5 Å². The third-order valence-electron chi connectivity index (χ3n) is 4.69. The Bertz CT molecular complexity index is 944. The van der Waals surface area contributed by atoms with E-state index < -0.39 is 0 Å². The summed E-state index contributed by atoms with van der Waals surface area (Å²) in [6, 6.07) is 2.12. The normalized spacial score (nSPS) is 15.4. The quantitative estimate of drug-likeness (QED) is 0.769. The summed E-state index contributed by atoms with van der Waals surface area (Å²) in [7, 11) is 1.80. The molecule has 1 N–H and O–H groups in total. The fraction of sp³-hybridized carbons (Fsp3) is 0.389. The van der Waals surface area contributed by atoms with Gasteiger partial charge in [0.2, 0.25) is 0 Å². The van der Waals surface area contributed by atoms with Crippen LogP contribution in [0, 0.1) is 6.92 Å². The lowest BCUT2D eigenvalue weighted by atomic mass is 10.0. The second-order valence-electron chi connectivity index (χ2n) is 6.62. The van der Waals surface area contributed by atoms with Crippen LogP contribution < -0.4 is 10.2 Å². The molecule has 1 aliphatic heterocycles. The topological polar surface area (TPSA) is 88.8 Å². The molecule has 0 aliphatic carbocycles. The molecule has 3 aromatic heterocycles. The zero-order valence-corrected chi connectivity index (χ0v) is 14.9. The number of piperidine rings is 1. The Balaban J connectivity index is 1.45. The van der Waals surface area contributed by atoms with Crippen molar-refractivity contribution in [3.05, 3.63) is 42.2 Å². The highest BCUT2D eigenvalue weighted by Gasteiger charge is 2.24. The summed E-state index contributed by atoms with van der Waals surface area (Å²) in [5.74, 6) is 1.63. The lowest BCUT2D eigenvalue weighted by molar-refractivity contribution is 0.0931. The van der Waals surface area contributed by atoms with Crippen molar-refractivity contribution in [3.8, 4) is 0 Å². The largest absolute Gasteiger partial charge is 0.356 e. The lowest BCUT2D eigenvalue weighted by Gasteiger charge is -2.33. The minimum absolute atomic E-state index is 0.0639. The second kappa shape index (κ2) is 6.70. The van der Waals surface area contributed by atoms with Gasteiger partial charge in [0.05, 0.1) is 23.5 Å². The molecule has 8 heteroatoms. The van der Waals surface area contributed by atoms with Crippen LogP contribution in [0.15, 0.2) is 30.9 Å². The van der Waals surface area contributed by atoms with E-state index in [0.29, 0.717) is 5.56 Å². The number of hydrogen-bond acceptors (Lipinski definition) is 6. The maximum absolute atomic E-state index is 12.3. The number of nitrogens with one attached hydrogen (secondary N) is 1. The number of fused-ring (bicyclic) bond motifs is 1. The van der Waals surface area contributed by atoms with Crippen LogP contribution in [0.3, 0.4) is 0 Å². The molecule has 1 amide bonds. The molecule has 0 aromatic carbocycles. The number of pyridine rings is 1. The maximum Gasteiger partial charge on any atom is 0.254 e. The average Bonchev–Trinajstić information content (AvgIpc) is 3.08. The van der Waals surface area contributed by atoms with Gasteiger partial charge in [0, 0.05) is 44.0 Å². The highest BCUT2D eigenvalue weighted by molar-refractivity contribution is 5.94. The molecule has 1 saturated heterocycles. The van der Waals surface area contributed by atoms with E-state index in [2.05, 4.69) is 30.3 Å². The number of amides is 1. The Labute approximate surface area is 151 Å². The molecule has 4 heterocycles. The smallest absolute Gasteiger partial charge is 0.254 e. The fourth-order valence-corrected chi connectivity index (χ4v) is 3.36. The second-order valence-corrected chi connectivity index (χ2v) is 6.62. The molecule has 0 saturated carbocycles. The van der Waals surface area contributed by atoms with Gasteiger partial charge in [-0.3, -0.25) is 14.5 Å². The van der Waals surface area contributed by atoms with Gasteiger partial charge in [-0.15, -0.1) is 0 Å². The third kappa shape index (κ3) is 3.22. The van der Waals surface area contributed by atoms with E-state index in [1.165, 1.54) is 0 Å². The van der Waals surface area contributed by atoms with E-state index in [4.69, 9.17) is 0 Å². The molecule has 0 bridgehead atoms. The van der Waals surface area contributed by atoms with Gasteiger partial charge in [-0.05, 0) is 25.8 Å². The minimum Gasteiger partial charge on any atom is -0.356 e. The summed E-state index contributed by atoms with van der Waals surface area (Å²) in [6.45, 7) is 3.58. The summed E-state index contributed by atoms with van der Waals surface area (Å²) in [5, 5.41) is 8.17. The number of aryl methyl sites for hydroxylation is 2. The van der Waals surface area contributed by atoms with Gasteiger partial charge < -0.3 is 10.2 Å². The Kier molecular flexibility index (Phi) is 4.24. The molecule has 1 aliphatic rings. The molecule has 4 rings (SSSR count). The standard InChI is InChI=1S/C18H21N7O/c1-12-21-16-10-19-6-3-15(16)17(22-12)25-7-4-14(5-8-25)23-18(26)13-9-20-24(2)11-13/h3,6,9-11,14H,4-5,7-8H2,1-2H3,(H,23,26). The number of carbonyl (C=O) groups is 1. The molecule has 8 nitrogen and oxygen atoms in total. The van der Waals surface area contributed by atoms with Crippen molar-refractivity contribution in [2.45, 2.75) is 25.8 Å². The molecule has 0 unspecified atom stereocenters. The SMILES string of the molecule is Cc1nc(N2CCC(NC(=O)c3cnn(C)c3)CC2)c2ccncc2n1. The first-order valence-electron chi connectivity index (χ1n) is 8.73. The van der Waals surface area contributed by atoms with Crippen LogP contribution in [0.1, 0.15) is 29.0 Å². The molecule has 0 spiro atoms. The van der Waals surface area contributed by atoms with E-state index in [1.54, 1.807) is 36.5 Å². The van der Waals surface area contributed by atoms with Crippen molar-refractivity contribution in [1.29, 1.82) is 0 Å². The summed E-state index contributed by atoms with van der Waals surface area (Å²) in [5.41, 5.74) is 1.46. The average molecular weight is 351 g/mol. The Hall–Kier alpha value is -3.03. The van der Waals surface area contributed by atoms with Crippen molar-refractivity contribution >= 4 is 22.6 Å². The van der Waals surface area contributed by atoms with Crippen LogP contribution in [0.5, 0.6) is 0 Å². The van der Waals surface area contributed by atoms with Gasteiger partial charge in [-0.1, -0.05) is 0 Å². The molecule has 134 valence electrons. The van der Waals surface area contributed by atoms with Crippen LogP contribution in [0.25, 0.3) is 10.9 Å². The van der Waals surface area contributed by atoms with Crippen LogP contribution in [0.2, 0.25) is 0 Å². The van der Waals surface area contributed by atoms with E-state index in [1.807, 2.05) is 13.0 Å². The van der Waals surface area contributed by atoms with Gasteiger partial charge >= 0.3 is 0 Å². The van der Waals surface area contributed by atoms with Gasteiger partial charge in [-0.2, -0.15) is 5.10 Å². The zero-order valence-electron chi connectivity index (χ0n) is 14.9. The van der Waals surface area contributed by atoms with Crippen LogP contribution in [-0.4, -0.2) is 49.8 Å². The highest BCUT2D eigenvalue weighted by Crippen LogP contribution is 2.26. The Morgan fingerprint density at radius 1 is 1.23 bits per heavy atom. The molecule has 0 atom stereocenters. The fourth-order valence-electron chi connectivity index (χ4n) is 3.36. The predicted molar refractivity (Wildman–Crippen MR) is 98.0 cm³/mol. The number of nitrogens with zero attached hydrogens (tertiary/aromatic N) is 6. The minimum atomic E-state index is -0.0639. The molecular formula is C18H21N7O. The summed E-state index contributed by atoms with van der Waals surface area (Å²) < 4.78 is 1.63. The van der Waals surface area contributed by atoms with Crippen molar-refractivity contribution in [3.63, 3.8) is 0 Å². The number of anilines is 1. The Morgan fingerprint density at radius 3 is 2.77 bits per heavy atom. The zero-order chi connectivity index (χ0) is 18.1. The van der Waals surface area contributed by atoms with E-state index in [9.17, 15) is 4.79 Å². The first-order valence-corrected chi connectivity index (χ1v) is 8.73. The number of rotatable bonds is 3. The summed E-state index contributed by atoms with van der Waals surface area (Å²) in [6.07, 6.45) is 8.62. The Morgan fingerprint density at radius 2 is 2.04 bits per heavy atom. The molecule has 0 radical (unpaired) electrons. The van der Waals surface area contributed by atoms with Gasteiger partial charge in [0.15, 0.2) is 0 Å². The molecule has 26 heavy (non-hydrogen) atoms. The number of hydrogen-bond donors (Lipinski definition) is 1. The van der Waals surface area contributed by atoms with Gasteiger partial charge in [0.25, 0.3) is 5.91 Å². The summed E-state index contributed by atoms with van der Waals surface area (Å²) >= 11 is 0. The van der Waals surface area contributed by atoms with Crippen LogP contribution >= 0.6 is 0 Å². The monoisotopic (exact) mass is 351 g/mol. The third-order valence-corrected chi connectivity index (χ3v) is 4.69. The van der Waals surface area contributed by atoms with E-state index in [-0.39, 0.29) is 11.9 Å². The summed E-state index contributed by atoms with van der Waals surface area (Å²) in [4.78, 5) is 27.8. The van der Waals surface area contributed by atoms with Crippen molar-refractivity contribution in [1.82, 2.24) is 30.0 Å². The lowest BCUT2D eigenvalue weighted by Crippen LogP contribution is -2.45. The van der Waals surface area contributed by atoms with Gasteiger partial charge in [0.1, 0.15) is 11.6 Å². The molecule has 3 aromatic rings. The van der Waals surface area contributed by atoms with Crippen molar-refractivity contribution in [2.75, 3.05) is 18.0 Å². The van der Waals surface area contributed by atoms with Crippen LogP contribution in [0.4, 0.5) is 5.82 Å². The molecular weight excluding hydrogens is 330 g/mol. The molecule has 1 fully saturated rings. The van der Waals surface area contributed by atoms with Crippen molar-refractivity contribution in [2.24, 2.45) is 7.05 Å². The first kappa shape index (κ1) is 16.4.